The molecule has 0 amide bonds. The third-order valence-electron chi connectivity index (χ3n) is 5.83. The fourth-order valence-corrected chi connectivity index (χ4v) is 9.01. The Kier molecular flexibility index (Phi) is 5.64. The van der Waals surface area contributed by atoms with E-state index in [1.807, 2.05) is 60.3 Å². The number of anilines is 2. The van der Waals surface area contributed by atoms with Crippen LogP contribution in [0.15, 0.2) is 83.5 Å². The van der Waals surface area contributed by atoms with Gasteiger partial charge in [0.2, 0.25) is 0 Å². The first kappa shape index (κ1) is 19.8. The molecule has 2 saturated heterocycles. The Morgan fingerprint density at radius 1 is 0.767 bits per heavy atom. The van der Waals surface area contributed by atoms with Gasteiger partial charge in [0.1, 0.15) is 5.76 Å². The van der Waals surface area contributed by atoms with Gasteiger partial charge in [-0.3, -0.25) is 9.46 Å². The molecule has 1 atom stereocenters. The van der Waals surface area contributed by atoms with Crippen LogP contribution in [-0.2, 0) is 4.57 Å². The van der Waals surface area contributed by atoms with Crippen LogP contribution in [0.3, 0.4) is 0 Å². The lowest BCUT2D eigenvalue weighted by atomic mass is 10.3. The SMILES string of the molecule is O=P1(C(c2ccco2)N2CCSCC2)N(c2ccccc2)CCN1c1ccccc1. The van der Waals surface area contributed by atoms with Crippen molar-refractivity contribution in [3.05, 3.63) is 84.8 Å². The number of hydrogen-bond donors (Lipinski definition) is 0. The molecule has 0 saturated carbocycles. The van der Waals surface area contributed by atoms with Crippen LogP contribution in [0.1, 0.15) is 11.5 Å². The van der Waals surface area contributed by atoms with Crippen LogP contribution in [0, 0.1) is 0 Å². The van der Waals surface area contributed by atoms with E-state index in [1.54, 1.807) is 6.26 Å². The average molecular weight is 440 g/mol. The molecule has 5 nitrogen and oxygen atoms in total. The van der Waals surface area contributed by atoms with Crippen molar-refractivity contribution in [1.29, 1.82) is 0 Å². The topological polar surface area (TPSA) is 39.9 Å². The maximum Gasteiger partial charge on any atom is 0.287 e. The highest BCUT2D eigenvalue weighted by molar-refractivity contribution is 7.99. The molecule has 0 spiro atoms. The summed E-state index contributed by atoms with van der Waals surface area (Å²) in [5.74, 6) is 2.58. The summed E-state index contributed by atoms with van der Waals surface area (Å²) >= 11 is 1.96. The summed E-state index contributed by atoms with van der Waals surface area (Å²) in [5.41, 5.74) is 2.00. The van der Waals surface area contributed by atoms with Gasteiger partial charge in [0.15, 0.2) is 5.78 Å². The van der Waals surface area contributed by atoms with E-state index in [2.05, 4.69) is 38.5 Å². The summed E-state index contributed by atoms with van der Waals surface area (Å²) in [5, 5.41) is 0. The minimum Gasteiger partial charge on any atom is -0.467 e. The standard InChI is InChI=1S/C23H26N3O2PS/c27-29(23(22-12-7-17-28-22)24-15-18-30-19-16-24)25(20-8-3-1-4-9-20)13-14-26(29)21-10-5-2-6-11-21/h1-12,17,23H,13-16,18-19H2. The number of thioether (sulfide) groups is 1. The van der Waals surface area contributed by atoms with Gasteiger partial charge < -0.3 is 13.8 Å². The number of benzene rings is 2. The largest absolute Gasteiger partial charge is 0.467 e. The molecule has 2 aliphatic rings. The van der Waals surface area contributed by atoms with E-state index in [-0.39, 0.29) is 5.78 Å². The Morgan fingerprint density at radius 2 is 1.33 bits per heavy atom. The highest BCUT2D eigenvalue weighted by atomic mass is 32.2. The van der Waals surface area contributed by atoms with Crippen molar-refractivity contribution in [2.24, 2.45) is 0 Å². The molecule has 0 aliphatic carbocycles. The first-order valence-electron chi connectivity index (χ1n) is 10.4. The third-order valence-corrected chi connectivity index (χ3v) is 10.2. The Balaban J connectivity index is 1.66. The van der Waals surface area contributed by atoms with Crippen molar-refractivity contribution < 1.29 is 8.98 Å². The molecular formula is C23H26N3O2PS. The van der Waals surface area contributed by atoms with Crippen LogP contribution < -0.4 is 9.34 Å². The Morgan fingerprint density at radius 3 is 1.83 bits per heavy atom. The molecule has 156 valence electrons. The maximum atomic E-state index is 15.3. The summed E-state index contributed by atoms with van der Waals surface area (Å²) in [7, 11) is -3.11. The number of furan rings is 1. The van der Waals surface area contributed by atoms with Gasteiger partial charge in [0.25, 0.3) is 7.44 Å². The van der Waals surface area contributed by atoms with Crippen molar-refractivity contribution in [1.82, 2.24) is 4.90 Å². The van der Waals surface area contributed by atoms with Crippen LogP contribution in [0.2, 0.25) is 0 Å². The minimum atomic E-state index is -3.11. The van der Waals surface area contributed by atoms with Gasteiger partial charge in [0.05, 0.1) is 6.26 Å². The summed E-state index contributed by atoms with van der Waals surface area (Å²) < 4.78 is 25.5. The minimum absolute atomic E-state index is 0.309. The lowest BCUT2D eigenvalue weighted by Crippen LogP contribution is -2.40. The zero-order chi connectivity index (χ0) is 20.4. The van der Waals surface area contributed by atoms with Crippen molar-refractivity contribution >= 4 is 30.6 Å². The third kappa shape index (κ3) is 3.47. The highest BCUT2D eigenvalue weighted by Crippen LogP contribution is 2.69. The van der Waals surface area contributed by atoms with E-state index in [4.69, 9.17) is 4.42 Å². The Labute approximate surface area is 182 Å². The van der Waals surface area contributed by atoms with Gasteiger partial charge in [-0.2, -0.15) is 11.8 Å². The molecule has 0 radical (unpaired) electrons. The lowest BCUT2D eigenvalue weighted by molar-refractivity contribution is 0.247. The molecule has 2 aromatic carbocycles. The summed E-state index contributed by atoms with van der Waals surface area (Å²) in [6.45, 7) is 3.25. The summed E-state index contributed by atoms with van der Waals surface area (Å²) in [4.78, 5) is 2.37. The maximum absolute atomic E-state index is 15.3. The first-order chi connectivity index (χ1) is 14.8. The molecule has 1 aromatic heterocycles. The monoisotopic (exact) mass is 439 g/mol. The van der Waals surface area contributed by atoms with E-state index >= 15 is 4.57 Å². The van der Waals surface area contributed by atoms with Gasteiger partial charge in [-0.15, -0.1) is 0 Å². The molecule has 3 aromatic rings. The fraction of sp³-hybridized carbons (Fsp3) is 0.304. The Hall–Kier alpha value is -2.14. The quantitative estimate of drug-likeness (QED) is 0.486. The molecule has 30 heavy (non-hydrogen) atoms. The fourth-order valence-electron chi connectivity index (χ4n) is 4.48. The zero-order valence-corrected chi connectivity index (χ0v) is 18.6. The number of hydrogen-bond acceptors (Lipinski definition) is 4. The van der Waals surface area contributed by atoms with E-state index in [9.17, 15) is 0 Å². The molecule has 2 aliphatic heterocycles. The van der Waals surface area contributed by atoms with Crippen LogP contribution in [0.4, 0.5) is 11.4 Å². The lowest BCUT2D eigenvalue weighted by Gasteiger charge is -2.43. The second-order valence-corrected chi connectivity index (χ2v) is 11.4. The van der Waals surface area contributed by atoms with Crippen molar-refractivity contribution in [3.8, 4) is 0 Å². The predicted octanol–water partition coefficient (Wildman–Crippen LogP) is 5.55. The van der Waals surface area contributed by atoms with E-state index in [1.165, 1.54) is 0 Å². The molecule has 3 heterocycles. The molecule has 5 rings (SSSR count). The van der Waals surface area contributed by atoms with Gasteiger partial charge in [-0.1, -0.05) is 36.4 Å². The Bertz CT molecular complexity index is 942. The normalized spacial score (nSPS) is 20.4. The van der Waals surface area contributed by atoms with Gasteiger partial charge in [-0.05, 0) is 36.4 Å². The molecule has 1 unspecified atom stereocenters. The molecular weight excluding hydrogens is 413 g/mol. The number of para-hydroxylation sites is 2. The number of rotatable bonds is 5. The van der Waals surface area contributed by atoms with E-state index < -0.39 is 7.44 Å². The zero-order valence-electron chi connectivity index (χ0n) is 16.8. The van der Waals surface area contributed by atoms with Gasteiger partial charge >= 0.3 is 0 Å². The molecule has 0 bridgehead atoms. The average Bonchev–Trinajstić information content (AvgIpc) is 3.44. The molecule has 2 fully saturated rings. The highest BCUT2D eigenvalue weighted by Gasteiger charge is 2.53. The van der Waals surface area contributed by atoms with Crippen LogP contribution in [0.25, 0.3) is 0 Å². The van der Waals surface area contributed by atoms with Crippen LogP contribution in [0.5, 0.6) is 0 Å². The van der Waals surface area contributed by atoms with E-state index in [0.717, 1.165) is 54.8 Å². The predicted molar refractivity (Wildman–Crippen MR) is 126 cm³/mol. The molecule has 7 heteroatoms. The van der Waals surface area contributed by atoms with Crippen molar-refractivity contribution in [3.63, 3.8) is 0 Å². The first-order valence-corrected chi connectivity index (χ1v) is 13.2. The van der Waals surface area contributed by atoms with Crippen LogP contribution in [-0.4, -0.2) is 42.6 Å². The number of nitrogens with zero attached hydrogens (tertiary/aromatic N) is 3. The van der Waals surface area contributed by atoms with E-state index in [0.29, 0.717) is 0 Å². The smallest absolute Gasteiger partial charge is 0.287 e. The summed E-state index contributed by atoms with van der Waals surface area (Å²) in [6, 6.07) is 24.2. The van der Waals surface area contributed by atoms with Crippen molar-refractivity contribution in [2.45, 2.75) is 5.78 Å². The van der Waals surface area contributed by atoms with Crippen LogP contribution >= 0.6 is 19.2 Å². The molecule has 0 N–H and O–H groups in total. The van der Waals surface area contributed by atoms with Gasteiger partial charge in [-0.25, -0.2) is 0 Å². The van der Waals surface area contributed by atoms with Gasteiger partial charge in [0, 0.05) is 49.1 Å². The second kappa shape index (κ2) is 8.54. The second-order valence-electron chi connectivity index (χ2n) is 7.54. The summed E-state index contributed by atoms with van der Waals surface area (Å²) in [6.07, 6.45) is 1.70. The van der Waals surface area contributed by atoms with Crippen molar-refractivity contribution in [2.75, 3.05) is 47.0 Å².